The second-order valence-corrected chi connectivity index (χ2v) is 4.86. The van der Waals surface area contributed by atoms with Crippen LogP contribution in [0.25, 0.3) is 0 Å². The fourth-order valence-electron chi connectivity index (χ4n) is 2.02. The monoisotopic (exact) mass is 180 g/mol. The minimum absolute atomic E-state index is 0.124. The zero-order chi connectivity index (χ0) is 9.64. The molecule has 1 unspecified atom stereocenters. The Bertz CT molecular complexity index is 275. The van der Waals surface area contributed by atoms with Crippen LogP contribution < -0.4 is 0 Å². The van der Waals surface area contributed by atoms with E-state index in [9.17, 15) is 4.79 Å². The molecule has 0 aromatic rings. The van der Waals surface area contributed by atoms with Gasteiger partial charge in [0.1, 0.15) is 0 Å². The summed E-state index contributed by atoms with van der Waals surface area (Å²) in [5, 5.41) is 6.06. The first-order chi connectivity index (χ1) is 6.00. The Balaban J connectivity index is 2.27. The standard InChI is InChI=1S/C10H16N2O/c1-10(2,3)12-9(13)7-5-4-6-8(7)11-12/h7H,4-6H2,1-3H3. The number of rotatable bonds is 0. The maximum absolute atomic E-state index is 11.8. The molecule has 3 nitrogen and oxygen atoms in total. The van der Waals surface area contributed by atoms with Gasteiger partial charge >= 0.3 is 0 Å². The predicted molar refractivity (Wildman–Crippen MR) is 51.4 cm³/mol. The van der Waals surface area contributed by atoms with Crippen LogP contribution in [0.4, 0.5) is 0 Å². The Kier molecular flexibility index (Phi) is 1.72. The number of carbonyl (C=O) groups is 1. The lowest BCUT2D eigenvalue weighted by Gasteiger charge is -2.28. The van der Waals surface area contributed by atoms with Crippen LogP contribution in [-0.4, -0.2) is 22.2 Å². The second kappa shape index (κ2) is 2.56. The zero-order valence-electron chi connectivity index (χ0n) is 8.50. The summed E-state index contributed by atoms with van der Waals surface area (Å²) < 4.78 is 0. The van der Waals surface area contributed by atoms with Gasteiger partial charge in [-0.2, -0.15) is 5.10 Å². The van der Waals surface area contributed by atoms with Crippen molar-refractivity contribution in [3.63, 3.8) is 0 Å². The molecule has 13 heavy (non-hydrogen) atoms. The van der Waals surface area contributed by atoms with Crippen LogP contribution in [0.5, 0.6) is 0 Å². The van der Waals surface area contributed by atoms with Gasteiger partial charge in [-0.05, 0) is 40.0 Å². The predicted octanol–water partition coefficient (Wildman–Crippen LogP) is 1.78. The van der Waals surface area contributed by atoms with Gasteiger partial charge in [-0.25, -0.2) is 5.01 Å². The van der Waals surface area contributed by atoms with Crippen LogP contribution in [-0.2, 0) is 4.79 Å². The smallest absolute Gasteiger partial charge is 0.252 e. The SMILES string of the molecule is CC(C)(C)N1N=C2CCCC2C1=O. The Morgan fingerprint density at radius 1 is 1.46 bits per heavy atom. The van der Waals surface area contributed by atoms with Gasteiger partial charge in [-0.1, -0.05) is 0 Å². The number of nitrogens with zero attached hydrogens (tertiary/aromatic N) is 2. The normalized spacial score (nSPS) is 27.9. The van der Waals surface area contributed by atoms with E-state index in [1.165, 1.54) is 0 Å². The number of hydrazone groups is 1. The molecule has 1 amide bonds. The largest absolute Gasteiger partial charge is 0.272 e. The van der Waals surface area contributed by atoms with Crippen LogP contribution in [0.3, 0.4) is 0 Å². The first-order valence-electron chi connectivity index (χ1n) is 4.91. The average molecular weight is 180 g/mol. The van der Waals surface area contributed by atoms with Gasteiger partial charge in [0.25, 0.3) is 5.91 Å². The van der Waals surface area contributed by atoms with E-state index in [1.54, 1.807) is 5.01 Å². The van der Waals surface area contributed by atoms with Crippen molar-refractivity contribution in [3.8, 4) is 0 Å². The van der Waals surface area contributed by atoms with E-state index in [4.69, 9.17) is 0 Å². The molecule has 0 aromatic carbocycles. The molecule has 0 radical (unpaired) electrons. The molecule has 1 fully saturated rings. The quantitative estimate of drug-likeness (QED) is 0.559. The molecular formula is C10H16N2O. The number of fused-ring (bicyclic) bond motifs is 1. The molecule has 1 atom stereocenters. The third-order valence-electron chi connectivity index (χ3n) is 2.70. The van der Waals surface area contributed by atoms with E-state index in [2.05, 4.69) is 5.10 Å². The molecule has 2 aliphatic rings. The molecule has 0 spiro atoms. The average Bonchev–Trinajstić information content (AvgIpc) is 2.51. The third kappa shape index (κ3) is 1.26. The van der Waals surface area contributed by atoms with Crippen molar-refractivity contribution in [2.45, 2.75) is 45.6 Å². The molecule has 3 heteroatoms. The lowest BCUT2D eigenvalue weighted by molar-refractivity contribution is -0.136. The first-order valence-corrected chi connectivity index (χ1v) is 4.91. The molecule has 1 saturated carbocycles. The highest BCUT2D eigenvalue weighted by Gasteiger charge is 2.42. The summed E-state index contributed by atoms with van der Waals surface area (Å²) >= 11 is 0. The van der Waals surface area contributed by atoms with Crippen LogP contribution in [0.1, 0.15) is 40.0 Å². The molecule has 1 aliphatic carbocycles. The summed E-state index contributed by atoms with van der Waals surface area (Å²) in [6.07, 6.45) is 3.15. The Hall–Kier alpha value is -0.860. The van der Waals surface area contributed by atoms with Crippen molar-refractivity contribution in [1.29, 1.82) is 0 Å². The maximum atomic E-state index is 11.8. The summed E-state index contributed by atoms with van der Waals surface area (Å²) in [5.41, 5.74) is 0.953. The number of hydrogen-bond donors (Lipinski definition) is 0. The van der Waals surface area contributed by atoms with Crippen molar-refractivity contribution in [3.05, 3.63) is 0 Å². The van der Waals surface area contributed by atoms with Crippen molar-refractivity contribution in [2.75, 3.05) is 0 Å². The van der Waals surface area contributed by atoms with Crippen LogP contribution in [0.2, 0.25) is 0 Å². The Labute approximate surface area is 78.8 Å². The fourth-order valence-corrected chi connectivity index (χ4v) is 2.02. The van der Waals surface area contributed by atoms with E-state index >= 15 is 0 Å². The topological polar surface area (TPSA) is 32.7 Å². The Morgan fingerprint density at radius 3 is 2.69 bits per heavy atom. The van der Waals surface area contributed by atoms with Crippen molar-refractivity contribution in [2.24, 2.45) is 11.0 Å². The molecule has 2 rings (SSSR count). The van der Waals surface area contributed by atoms with Gasteiger partial charge in [0.05, 0.1) is 17.2 Å². The van der Waals surface area contributed by atoms with Gasteiger partial charge in [0.15, 0.2) is 0 Å². The van der Waals surface area contributed by atoms with Crippen molar-refractivity contribution < 1.29 is 4.79 Å². The summed E-state index contributed by atoms with van der Waals surface area (Å²) in [6, 6.07) is 0. The van der Waals surface area contributed by atoms with E-state index in [0.717, 1.165) is 25.0 Å². The zero-order valence-corrected chi connectivity index (χ0v) is 8.50. The maximum Gasteiger partial charge on any atom is 0.252 e. The summed E-state index contributed by atoms with van der Waals surface area (Å²) in [5.74, 6) is 0.333. The van der Waals surface area contributed by atoms with Gasteiger partial charge in [-0.3, -0.25) is 4.79 Å². The molecule has 1 heterocycles. The lowest BCUT2D eigenvalue weighted by Crippen LogP contribution is -2.41. The van der Waals surface area contributed by atoms with Crippen molar-refractivity contribution in [1.82, 2.24) is 5.01 Å². The minimum Gasteiger partial charge on any atom is -0.272 e. The summed E-state index contributed by atoms with van der Waals surface area (Å²) in [6.45, 7) is 6.07. The molecule has 72 valence electrons. The van der Waals surface area contributed by atoms with E-state index in [0.29, 0.717) is 0 Å². The van der Waals surface area contributed by atoms with Gasteiger partial charge < -0.3 is 0 Å². The number of amides is 1. The summed E-state index contributed by atoms with van der Waals surface area (Å²) in [7, 11) is 0. The molecular weight excluding hydrogens is 164 g/mol. The molecule has 0 N–H and O–H groups in total. The lowest BCUT2D eigenvalue weighted by atomic mass is 10.0. The van der Waals surface area contributed by atoms with Gasteiger partial charge in [-0.15, -0.1) is 0 Å². The molecule has 1 aliphatic heterocycles. The van der Waals surface area contributed by atoms with Gasteiger partial charge in [0.2, 0.25) is 0 Å². The summed E-state index contributed by atoms with van der Waals surface area (Å²) in [4.78, 5) is 11.8. The molecule has 0 aromatic heterocycles. The fraction of sp³-hybridized carbons (Fsp3) is 0.800. The van der Waals surface area contributed by atoms with E-state index in [-0.39, 0.29) is 17.4 Å². The van der Waals surface area contributed by atoms with E-state index < -0.39 is 0 Å². The third-order valence-corrected chi connectivity index (χ3v) is 2.70. The number of carbonyl (C=O) groups excluding carboxylic acids is 1. The number of hydrogen-bond acceptors (Lipinski definition) is 2. The van der Waals surface area contributed by atoms with Gasteiger partial charge in [0, 0.05) is 0 Å². The Morgan fingerprint density at radius 2 is 2.15 bits per heavy atom. The second-order valence-electron chi connectivity index (χ2n) is 4.86. The van der Waals surface area contributed by atoms with Crippen molar-refractivity contribution >= 4 is 11.6 Å². The highest BCUT2D eigenvalue weighted by molar-refractivity contribution is 6.09. The first kappa shape index (κ1) is 8.73. The van der Waals surface area contributed by atoms with Crippen LogP contribution >= 0.6 is 0 Å². The molecule has 0 saturated heterocycles. The highest BCUT2D eigenvalue weighted by Crippen LogP contribution is 2.33. The minimum atomic E-state index is -0.158. The highest BCUT2D eigenvalue weighted by atomic mass is 16.2. The molecule has 0 bridgehead atoms. The van der Waals surface area contributed by atoms with Crippen LogP contribution in [0, 0.1) is 5.92 Å². The van der Waals surface area contributed by atoms with Crippen LogP contribution in [0.15, 0.2) is 5.10 Å². The van der Waals surface area contributed by atoms with E-state index in [1.807, 2.05) is 20.8 Å².